The van der Waals surface area contributed by atoms with Crippen molar-refractivity contribution in [1.82, 2.24) is 0 Å². The van der Waals surface area contributed by atoms with Crippen LogP contribution in [0.4, 0.5) is 0 Å². The lowest BCUT2D eigenvalue weighted by Crippen LogP contribution is -2.36. The predicted molar refractivity (Wildman–Crippen MR) is 56.5 cm³/mol. The standard InChI is InChI=1S/C11H15NO3/c1-11(2,10(14)15)9(12)7-5-3-4-6-8(7)13/h3-6,9,13H,12H2,1-2H3,(H,14,15). The maximum absolute atomic E-state index is 11.0. The molecule has 4 N–H and O–H groups in total. The molecule has 4 nitrogen and oxygen atoms in total. The summed E-state index contributed by atoms with van der Waals surface area (Å²) in [5.74, 6) is -0.961. The van der Waals surface area contributed by atoms with Crippen molar-refractivity contribution in [3.8, 4) is 5.75 Å². The number of carbonyl (C=O) groups is 1. The number of hydrogen-bond acceptors (Lipinski definition) is 3. The van der Waals surface area contributed by atoms with E-state index < -0.39 is 17.4 Å². The van der Waals surface area contributed by atoms with E-state index in [9.17, 15) is 9.90 Å². The number of carboxylic acid groups (broad SMARTS) is 1. The first-order valence-electron chi connectivity index (χ1n) is 4.64. The van der Waals surface area contributed by atoms with E-state index in [1.165, 1.54) is 19.9 Å². The Morgan fingerprint density at radius 3 is 2.40 bits per heavy atom. The molecule has 0 aliphatic heterocycles. The normalized spacial score (nSPS) is 13.5. The maximum atomic E-state index is 11.0. The Kier molecular flexibility index (Phi) is 3.00. The van der Waals surface area contributed by atoms with Gasteiger partial charge < -0.3 is 15.9 Å². The van der Waals surface area contributed by atoms with Gasteiger partial charge in [0.1, 0.15) is 5.75 Å². The van der Waals surface area contributed by atoms with Crippen LogP contribution in [-0.2, 0) is 4.79 Å². The quantitative estimate of drug-likeness (QED) is 0.704. The Morgan fingerprint density at radius 1 is 1.40 bits per heavy atom. The average Bonchev–Trinajstić information content (AvgIpc) is 2.17. The number of para-hydroxylation sites is 1. The Hall–Kier alpha value is -1.55. The van der Waals surface area contributed by atoms with Crippen LogP contribution >= 0.6 is 0 Å². The van der Waals surface area contributed by atoms with E-state index in [0.29, 0.717) is 5.56 Å². The highest BCUT2D eigenvalue weighted by atomic mass is 16.4. The van der Waals surface area contributed by atoms with E-state index in [1.807, 2.05) is 0 Å². The first kappa shape index (κ1) is 11.5. The molecule has 1 aromatic rings. The average molecular weight is 209 g/mol. The van der Waals surface area contributed by atoms with Crippen LogP contribution in [0.1, 0.15) is 25.5 Å². The van der Waals surface area contributed by atoms with Crippen LogP contribution in [0.15, 0.2) is 24.3 Å². The Balaban J connectivity index is 3.10. The maximum Gasteiger partial charge on any atom is 0.311 e. The lowest BCUT2D eigenvalue weighted by molar-refractivity contribution is -0.148. The number of hydrogen-bond donors (Lipinski definition) is 3. The van der Waals surface area contributed by atoms with Gasteiger partial charge in [-0.1, -0.05) is 18.2 Å². The molecule has 0 radical (unpaired) electrons. The van der Waals surface area contributed by atoms with Gasteiger partial charge >= 0.3 is 5.97 Å². The van der Waals surface area contributed by atoms with Gasteiger partial charge in [-0.25, -0.2) is 0 Å². The molecule has 1 rings (SSSR count). The second-order valence-corrected chi connectivity index (χ2v) is 4.06. The fourth-order valence-electron chi connectivity index (χ4n) is 1.27. The summed E-state index contributed by atoms with van der Waals surface area (Å²) in [6, 6.07) is 5.76. The molecular weight excluding hydrogens is 194 g/mol. The van der Waals surface area contributed by atoms with Crippen molar-refractivity contribution in [1.29, 1.82) is 0 Å². The summed E-state index contributed by atoms with van der Waals surface area (Å²) in [5.41, 5.74) is 5.17. The topological polar surface area (TPSA) is 83.5 Å². The molecule has 0 aliphatic rings. The van der Waals surface area contributed by atoms with Crippen LogP contribution < -0.4 is 5.73 Å². The molecule has 0 amide bonds. The van der Waals surface area contributed by atoms with Crippen molar-refractivity contribution in [3.63, 3.8) is 0 Å². The number of benzene rings is 1. The van der Waals surface area contributed by atoms with Gasteiger partial charge in [0.25, 0.3) is 0 Å². The number of phenolic OH excluding ortho intramolecular Hbond substituents is 1. The molecule has 1 unspecified atom stereocenters. The molecule has 0 saturated carbocycles. The molecule has 0 heterocycles. The van der Waals surface area contributed by atoms with Gasteiger partial charge in [0.15, 0.2) is 0 Å². The highest BCUT2D eigenvalue weighted by molar-refractivity contribution is 5.75. The molecule has 0 aliphatic carbocycles. The van der Waals surface area contributed by atoms with Crippen molar-refractivity contribution >= 4 is 5.97 Å². The van der Waals surface area contributed by atoms with Crippen molar-refractivity contribution in [3.05, 3.63) is 29.8 Å². The lowest BCUT2D eigenvalue weighted by atomic mass is 9.81. The summed E-state index contributed by atoms with van der Waals surface area (Å²) in [6.45, 7) is 3.07. The van der Waals surface area contributed by atoms with Crippen molar-refractivity contribution in [2.75, 3.05) is 0 Å². The number of phenols is 1. The minimum Gasteiger partial charge on any atom is -0.508 e. The van der Waals surface area contributed by atoms with Gasteiger partial charge in [-0.2, -0.15) is 0 Å². The van der Waals surface area contributed by atoms with Gasteiger partial charge in [0, 0.05) is 11.6 Å². The van der Waals surface area contributed by atoms with Gasteiger partial charge in [-0.15, -0.1) is 0 Å². The highest BCUT2D eigenvalue weighted by Gasteiger charge is 2.36. The van der Waals surface area contributed by atoms with E-state index >= 15 is 0 Å². The molecule has 0 fully saturated rings. The van der Waals surface area contributed by atoms with E-state index in [2.05, 4.69) is 0 Å². The molecule has 15 heavy (non-hydrogen) atoms. The van der Waals surface area contributed by atoms with E-state index in [-0.39, 0.29) is 5.75 Å². The van der Waals surface area contributed by atoms with Crippen molar-refractivity contribution in [2.45, 2.75) is 19.9 Å². The minimum absolute atomic E-state index is 0.0272. The van der Waals surface area contributed by atoms with Crippen molar-refractivity contribution in [2.24, 2.45) is 11.1 Å². The second kappa shape index (κ2) is 3.90. The summed E-state index contributed by atoms with van der Waals surface area (Å²) in [6.07, 6.45) is 0. The number of rotatable bonds is 3. The lowest BCUT2D eigenvalue weighted by Gasteiger charge is -2.27. The summed E-state index contributed by atoms with van der Waals surface area (Å²) in [7, 11) is 0. The molecule has 0 bridgehead atoms. The largest absolute Gasteiger partial charge is 0.508 e. The van der Waals surface area contributed by atoms with Crippen LogP contribution in [0.2, 0.25) is 0 Å². The van der Waals surface area contributed by atoms with E-state index in [1.54, 1.807) is 18.2 Å². The van der Waals surface area contributed by atoms with Crippen LogP contribution in [0, 0.1) is 5.41 Å². The summed E-state index contributed by atoms with van der Waals surface area (Å²) in [5, 5.41) is 18.6. The molecule has 0 aromatic heterocycles. The SMILES string of the molecule is CC(C)(C(=O)O)C(N)c1ccccc1O. The predicted octanol–water partition coefficient (Wildman–Crippen LogP) is 1.50. The second-order valence-electron chi connectivity index (χ2n) is 4.06. The third kappa shape index (κ3) is 2.10. The zero-order chi connectivity index (χ0) is 11.6. The third-order valence-corrected chi connectivity index (χ3v) is 2.60. The fraction of sp³-hybridized carbons (Fsp3) is 0.364. The van der Waals surface area contributed by atoms with E-state index in [0.717, 1.165) is 0 Å². The third-order valence-electron chi connectivity index (χ3n) is 2.60. The fourth-order valence-corrected chi connectivity index (χ4v) is 1.27. The van der Waals surface area contributed by atoms with Crippen LogP contribution in [0.3, 0.4) is 0 Å². The molecule has 82 valence electrons. The first-order valence-corrected chi connectivity index (χ1v) is 4.64. The molecule has 0 saturated heterocycles. The Bertz CT molecular complexity index is 374. The first-order chi connectivity index (χ1) is 6.87. The van der Waals surface area contributed by atoms with Crippen LogP contribution in [0.25, 0.3) is 0 Å². The van der Waals surface area contributed by atoms with Gasteiger partial charge in [0.05, 0.1) is 5.41 Å². The molecule has 1 aromatic carbocycles. The van der Waals surface area contributed by atoms with Gasteiger partial charge in [0.2, 0.25) is 0 Å². The summed E-state index contributed by atoms with van der Waals surface area (Å²) < 4.78 is 0. The monoisotopic (exact) mass is 209 g/mol. The number of nitrogens with two attached hydrogens (primary N) is 1. The zero-order valence-corrected chi connectivity index (χ0v) is 8.77. The zero-order valence-electron chi connectivity index (χ0n) is 8.77. The Labute approximate surface area is 88.3 Å². The smallest absolute Gasteiger partial charge is 0.311 e. The number of carboxylic acids is 1. The van der Waals surface area contributed by atoms with Gasteiger partial charge in [-0.3, -0.25) is 4.79 Å². The number of aliphatic carboxylic acids is 1. The van der Waals surface area contributed by atoms with Gasteiger partial charge in [-0.05, 0) is 19.9 Å². The molecule has 4 heteroatoms. The Morgan fingerprint density at radius 2 is 1.93 bits per heavy atom. The number of aromatic hydroxyl groups is 1. The highest BCUT2D eigenvalue weighted by Crippen LogP contribution is 2.35. The van der Waals surface area contributed by atoms with E-state index in [4.69, 9.17) is 10.8 Å². The summed E-state index contributed by atoms with van der Waals surface area (Å²) in [4.78, 5) is 11.0. The minimum atomic E-state index is -1.11. The van der Waals surface area contributed by atoms with Crippen LogP contribution in [0.5, 0.6) is 5.75 Å². The van der Waals surface area contributed by atoms with Crippen molar-refractivity contribution < 1.29 is 15.0 Å². The summed E-state index contributed by atoms with van der Waals surface area (Å²) >= 11 is 0. The van der Waals surface area contributed by atoms with Crippen LogP contribution in [-0.4, -0.2) is 16.2 Å². The molecule has 0 spiro atoms. The molecule has 1 atom stereocenters. The molecular formula is C11H15NO3.